The molecule has 1 aliphatic carbocycles. The van der Waals surface area contributed by atoms with Gasteiger partial charge in [-0.15, -0.1) is 11.8 Å². The zero-order valence-electron chi connectivity index (χ0n) is 14.8. The highest BCUT2D eigenvalue weighted by molar-refractivity contribution is 8.00. The molecule has 2 rings (SSSR count). The first-order valence-electron chi connectivity index (χ1n) is 8.24. The number of nitrogens with one attached hydrogen (secondary N) is 1. The molecule has 0 saturated heterocycles. The molecule has 1 aromatic carbocycles. The number of hydrogen-bond acceptors (Lipinski definition) is 5. The van der Waals surface area contributed by atoms with E-state index < -0.39 is 11.9 Å². The van der Waals surface area contributed by atoms with E-state index in [4.69, 9.17) is 4.74 Å². The van der Waals surface area contributed by atoms with E-state index in [1.54, 1.807) is 0 Å². The Labute approximate surface area is 152 Å². The molecule has 0 atom stereocenters. The standard InChI is InChI=1S/C18H24N2O4S/c1-12-4-5-13(2)15(8-12)25-11-18(23)24-10-17(22)20(3)9-16(21)19-14-6-7-14/h4-5,8,14H,6-7,9-11H2,1-3H3,(H,19,21). The number of esters is 1. The van der Waals surface area contributed by atoms with Gasteiger partial charge in [-0.3, -0.25) is 14.4 Å². The number of likely N-dealkylation sites (N-methyl/N-ethyl adjacent to an activating group) is 1. The smallest absolute Gasteiger partial charge is 0.316 e. The first kappa shape index (κ1) is 19.3. The highest BCUT2D eigenvalue weighted by atomic mass is 32.2. The molecule has 0 spiro atoms. The molecule has 1 aromatic rings. The lowest BCUT2D eigenvalue weighted by atomic mass is 10.2. The molecule has 2 amide bonds. The fourth-order valence-corrected chi connectivity index (χ4v) is 3.02. The first-order valence-corrected chi connectivity index (χ1v) is 9.22. The zero-order chi connectivity index (χ0) is 18.4. The van der Waals surface area contributed by atoms with Gasteiger partial charge in [0.2, 0.25) is 5.91 Å². The number of aryl methyl sites for hydroxylation is 2. The molecule has 1 N–H and O–H groups in total. The SMILES string of the molecule is Cc1ccc(C)c(SCC(=O)OCC(=O)N(C)CC(=O)NC2CC2)c1. The van der Waals surface area contributed by atoms with Crippen molar-refractivity contribution in [1.29, 1.82) is 0 Å². The van der Waals surface area contributed by atoms with Gasteiger partial charge in [-0.1, -0.05) is 17.7 Å². The monoisotopic (exact) mass is 364 g/mol. The molecule has 0 aromatic heterocycles. The van der Waals surface area contributed by atoms with Crippen molar-refractivity contribution in [3.63, 3.8) is 0 Å². The van der Waals surface area contributed by atoms with Crippen molar-refractivity contribution in [2.45, 2.75) is 37.6 Å². The van der Waals surface area contributed by atoms with E-state index in [9.17, 15) is 14.4 Å². The number of carbonyl (C=O) groups excluding carboxylic acids is 3. The second-order valence-corrected chi connectivity index (χ2v) is 7.33. The van der Waals surface area contributed by atoms with Crippen LogP contribution in [0.5, 0.6) is 0 Å². The quantitative estimate of drug-likeness (QED) is 0.561. The molecule has 1 aliphatic rings. The van der Waals surface area contributed by atoms with Gasteiger partial charge in [-0.25, -0.2) is 0 Å². The minimum absolute atomic E-state index is 0.0237. The van der Waals surface area contributed by atoms with Gasteiger partial charge < -0.3 is 15.0 Å². The number of carbonyl (C=O) groups is 3. The van der Waals surface area contributed by atoms with Crippen molar-refractivity contribution in [2.24, 2.45) is 0 Å². The molecule has 0 unspecified atom stereocenters. The Kier molecular flexibility index (Phi) is 6.87. The van der Waals surface area contributed by atoms with Crippen LogP contribution in [0.25, 0.3) is 0 Å². The number of rotatable bonds is 8. The van der Waals surface area contributed by atoms with Crippen LogP contribution in [0, 0.1) is 13.8 Å². The van der Waals surface area contributed by atoms with Gasteiger partial charge >= 0.3 is 5.97 Å². The van der Waals surface area contributed by atoms with E-state index in [2.05, 4.69) is 5.32 Å². The van der Waals surface area contributed by atoms with Crippen molar-refractivity contribution in [3.8, 4) is 0 Å². The lowest BCUT2D eigenvalue weighted by molar-refractivity contribution is -0.149. The Hall–Kier alpha value is -2.02. The molecule has 25 heavy (non-hydrogen) atoms. The van der Waals surface area contributed by atoms with Crippen LogP contribution in [0.2, 0.25) is 0 Å². The van der Waals surface area contributed by atoms with E-state index in [0.717, 1.165) is 28.9 Å². The second kappa shape index (κ2) is 8.89. The lowest BCUT2D eigenvalue weighted by Crippen LogP contribution is -2.40. The average Bonchev–Trinajstić information content (AvgIpc) is 3.37. The van der Waals surface area contributed by atoms with Crippen molar-refractivity contribution in [1.82, 2.24) is 10.2 Å². The molecule has 1 saturated carbocycles. The Morgan fingerprint density at radius 2 is 2.00 bits per heavy atom. The summed E-state index contributed by atoms with van der Waals surface area (Å²) in [4.78, 5) is 37.7. The van der Waals surface area contributed by atoms with Crippen LogP contribution >= 0.6 is 11.8 Å². The highest BCUT2D eigenvalue weighted by Gasteiger charge is 2.24. The van der Waals surface area contributed by atoms with Crippen LogP contribution < -0.4 is 5.32 Å². The van der Waals surface area contributed by atoms with Crippen LogP contribution in [-0.2, 0) is 19.1 Å². The normalized spacial score (nSPS) is 13.2. The number of hydrogen-bond donors (Lipinski definition) is 1. The number of benzene rings is 1. The van der Waals surface area contributed by atoms with E-state index in [1.807, 2.05) is 32.0 Å². The Morgan fingerprint density at radius 1 is 1.28 bits per heavy atom. The molecule has 6 nitrogen and oxygen atoms in total. The second-order valence-electron chi connectivity index (χ2n) is 6.31. The lowest BCUT2D eigenvalue weighted by Gasteiger charge is -2.16. The third kappa shape index (κ3) is 6.78. The van der Waals surface area contributed by atoms with E-state index in [-0.39, 0.29) is 30.9 Å². The van der Waals surface area contributed by atoms with E-state index in [0.29, 0.717) is 0 Å². The minimum atomic E-state index is -0.449. The largest absolute Gasteiger partial charge is 0.455 e. The van der Waals surface area contributed by atoms with Crippen LogP contribution in [0.4, 0.5) is 0 Å². The molecule has 1 fully saturated rings. The molecule has 0 heterocycles. The summed E-state index contributed by atoms with van der Waals surface area (Å²) in [6.45, 7) is 3.61. The maximum atomic E-state index is 11.9. The predicted octanol–water partition coefficient (Wildman–Crippen LogP) is 1.68. The first-order chi connectivity index (χ1) is 11.8. The summed E-state index contributed by atoms with van der Waals surface area (Å²) >= 11 is 1.39. The number of ether oxygens (including phenoxy) is 1. The third-order valence-electron chi connectivity index (χ3n) is 3.79. The molecular weight excluding hydrogens is 340 g/mol. The van der Waals surface area contributed by atoms with Crippen molar-refractivity contribution < 1.29 is 19.1 Å². The average molecular weight is 364 g/mol. The summed E-state index contributed by atoms with van der Waals surface area (Å²) in [5, 5.41) is 2.81. The molecule has 0 radical (unpaired) electrons. The highest BCUT2D eigenvalue weighted by Crippen LogP contribution is 2.23. The van der Waals surface area contributed by atoms with Crippen LogP contribution in [0.1, 0.15) is 24.0 Å². The number of nitrogens with zero attached hydrogens (tertiary/aromatic N) is 1. The van der Waals surface area contributed by atoms with Crippen molar-refractivity contribution in [2.75, 3.05) is 26.0 Å². The Morgan fingerprint density at radius 3 is 2.68 bits per heavy atom. The minimum Gasteiger partial charge on any atom is -0.455 e. The van der Waals surface area contributed by atoms with Crippen LogP contribution in [-0.4, -0.2) is 54.7 Å². The van der Waals surface area contributed by atoms with Gasteiger partial charge in [0.25, 0.3) is 5.91 Å². The van der Waals surface area contributed by atoms with Gasteiger partial charge in [0, 0.05) is 18.0 Å². The molecular formula is C18H24N2O4S. The summed E-state index contributed by atoms with van der Waals surface area (Å²) in [7, 11) is 1.52. The van der Waals surface area contributed by atoms with Gasteiger partial charge in [0.1, 0.15) is 0 Å². The molecule has 0 bridgehead atoms. The topological polar surface area (TPSA) is 75.7 Å². The van der Waals surface area contributed by atoms with E-state index in [1.165, 1.54) is 23.7 Å². The molecule has 0 aliphatic heterocycles. The zero-order valence-corrected chi connectivity index (χ0v) is 15.6. The van der Waals surface area contributed by atoms with Crippen molar-refractivity contribution >= 4 is 29.5 Å². The maximum absolute atomic E-state index is 11.9. The van der Waals surface area contributed by atoms with Crippen LogP contribution in [0.15, 0.2) is 23.1 Å². The fraction of sp³-hybridized carbons (Fsp3) is 0.500. The summed E-state index contributed by atoms with van der Waals surface area (Å²) in [6, 6.07) is 6.31. The van der Waals surface area contributed by atoms with Gasteiger partial charge in [0.15, 0.2) is 6.61 Å². The fourth-order valence-electron chi connectivity index (χ4n) is 2.10. The Bertz CT molecular complexity index is 658. The third-order valence-corrected chi connectivity index (χ3v) is 4.93. The van der Waals surface area contributed by atoms with Gasteiger partial charge in [-0.05, 0) is 38.3 Å². The summed E-state index contributed by atoms with van der Waals surface area (Å²) in [5.41, 5.74) is 2.23. The summed E-state index contributed by atoms with van der Waals surface area (Å²) in [6.07, 6.45) is 2.00. The van der Waals surface area contributed by atoms with Gasteiger partial charge in [0.05, 0.1) is 12.3 Å². The van der Waals surface area contributed by atoms with Crippen molar-refractivity contribution in [3.05, 3.63) is 29.3 Å². The molecule has 136 valence electrons. The van der Waals surface area contributed by atoms with Gasteiger partial charge in [-0.2, -0.15) is 0 Å². The van der Waals surface area contributed by atoms with E-state index >= 15 is 0 Å². The maximum Gasteiger partial charge on any atom is 0.316 e. The molecule has 7 heteroatoms. The predicted molar refractivity (Wildman–Crippen MR) is 96.4 cm³/mol. The summed E-state index contributed by atoms with van der Waals surface area (Å²) in [5.74, 6) is -0.884. The number of amides is 2. The van der Waals surface area contributed by atoms with Crippen LogP contribution in [0.3, 0.4) is 0 Å². The Balaban J connectivity index is 1.68. The number of thioether (sulfide) groups is 1. The summed E-state index contributed by atoms with van der Waals surface area (Å²) < 4.78 is 5.01.